The van der Waals surface area contributed by atoms with Gasteiger partial charge in [0.05, 0.1) is 12.1 Å². The number of carbonyl (C=O) groups excluding carboxylic acids is 1. The molecule has 80 valence electrons. The number of piperidine rings is 1. The molecule has 14 heavy (non-hydrogen) atoms. The molecular weight excluding hydrogens is 180 g/mol. The maximum atomic E-state index is 11.8. The summed E-state index contributed by atoms with van der Waals surface area (Å²) in [6.45, 7) is 2.42. The summed E-state index contributed by atoms with van der Waals surface area (Å²) >= 11 is 0. The van der Waals surface area contributed by atoms with E-state index in [9.17, 15) is 9.90 Å². The number of β-amino-alcohol motifs (C(OH)–C–C–N with tert-alkyl or cyclic N) is 1. The summed E-state index contributed by atoms with van der Waals surface area (Å²) in [6.07, 6.45) is 2.62. The van der Waals surface area contributed by atoms with E-state index < -0.39 is 0 Å². The number of hydrogen-bond acceptors (Lipinski definition) is 3. The second-order valence-corrected chi connectivity index (χ2v) is 4.36. The molecule has 2 saturated heterocycles. The van der Waals surface area contributed by atoms with Gasteiger partial charge in [0.15, 0.2) is 0 Å². The minimum atomic E-state index is -0.227. The lowest BCUT2D eigenvalue weighted by atomic mass is 10.0. The maximum absolute atomic E-state index is 11.8. The molecule has 2 heterocycles. The molecule has 4 heteroatoms. The van der Waals surface area contributed by atoms with Crippen LogP contribution in [0.1, 0.15) is 19.3 Å². The van der Waals surface area contributed by atoms with E-state index in [0.29, 0.717) is 6.54 Å². The second kappa shape index (κ2) is 3.87. The van der Waals surface area contributed by atoms with E-state index >= 15 is 0 Å². The van der Waals surface area contributed by atoms with Crippen molar-refractivity contribution < 1.29 is 9.90 Å². The molecule has 4 nitrogen and oxygen atoms in total. The predicted octanol–water partition coefficient (Wildman–Crippen LogP) is -0.326. The molecular formula is C10H18N2O2. The first kappa shape index (κ1) is 9.93. The highest BCUT2D eigenvalue weighted by molar-refractivity contribution is 5.82. The van der Waals surface area contributed by atoms with Gasteiger partial charge in [-0.25, -0.2) is 0 Å². The summed E-state index contributed by atoms with van der Waals surface area (Å²) in [5, 5.41) is 9.42. The third-order valence-electron chi connectivity index (χ3n) is 3.27. The van der Waals surface area contributed by atoms with Gasteiger partial charge in [-0.1, -0.05) is 0 Å². The van der Waals surface area contributed by atoms with Gasteiger partial charge in [0, 0.05) is 26.7 Å². The molecule has 2 fully saturated rings. The van der Waals surface area contributed by atoms with Gasteiger partial charge in [0.1, 0.15) is 0 Å². The van der Waals surface area contributed by atoms with E-state index in [1.54, 1.807) is 4.90 Å². The van der Waals surface area contributed by atoms with Gasteiger partial charge >= 0.3 is 0 Å². The predicted molar refractivity (Wildman–Crippen MR) is 52.9 cm³/mol. The van der Waals surface area contributed by atoms with E-state index in [0.717, 1.165) is 32.4 Å². The van der Waals surface area contributed by atoms with Crippen LogP contribution in [0.4, 0.5) is 0 Å². The molecule has 0 bridgehead atoms. The van der Waals surface area contributed by atoms with Crippen molar-refractivity contribution in [3.05, 3.63) is 0 Å². The van der Waals surface area contributed by atoms with Gasteiger partial charge in [0.25, 0.3) is 0 Å². The summed E-state index contributed by atoms with van der Waals surface area (Å²) in [5.74, 6) is 0.227. The largest absolute Gasteiger partial charge is 0.392 e. The van der Waals surface area contributed by atoms with E-state index in [1.807, 2.05) is 7.05 Å². The Morgan fingerprint density at radius 3 is 2.79 bits per heavy atom. The molecule has 2 atom stereocenters. The van der Waals surface area contributed by atoms with Gasteiger partial charge in [-0.3, -0.25) is 9.69 Å². The molecule has 2 rings (SSSR count). The van der Waals surface area contributed by atoms with Crippen LogP contribution in [0, 0.1) is 0 Å². The Hall–Kier alpha value is -0.610. The zero-order valence-electron chi connectivity index (χ0n) is 8.65. The number of aliphatic hydroxyl groups excluding tert-OH is 1. The molecule has 0 unspecified atom stereocenters. The zero-order chi connectivity index (χ0) is 10.1. The number of hydrogen-bond donors (Lipinski definition) is 1. The molecule has 0 spiro atoms. The summed E-state index contributed by atoms with van der Waals surface area (Å²) in [7, 11) is 1.86. The van der Waals surface area contributed by atoms with E-state index in [4.69, 9.17) is 0 Å². The lowest BCUT2D eigenvalue weighted by Gasteiger charge is -2.34. The van der Waals surface area contributed by atoms with Crippen LogP contribution < -0.4 is 0 Å². The Morgan fingerprint density at radius 2 is 2.14 bits per heavy atom. The average Bonchev–Trinajstić information content (AvgIpc) is 2.57. The number of nitrogens with zero attached hydrogens (tertiary/aromatic N) is 2. The van der Waals surface area contributed by atoms with Gasteiger partial charge in [-0.2, -0.15) is 0 Å². The van der Waals surface area contributed by atoms with E-state index in [1.165, 1.54) is 0 Å². The number of rotatable bonds is 1. The van der Waals surface area contributed by atoms with Gasteiger partial charge in [-0.15, -0.1) is 0 Å². The summed E-state index contributed by atoms with van der Waals surface area (Å²) < 4.78 is 0. The highest BCUT2D eigenvalue weighted by atomic mass is 16.3. The first-order valence-electron chi connectivity index (χ1n) is 5.35. The van der Waals surface area contributed by atoms with Crippen LogP contribution in [0.3, 0.4) is 0 Å². The fraction of sp³-hybridized carbons (Fsp3) is 0.900. The van der Waals surface area contributed by atoms with Crippen molar-refractivity contribution in [1.29, 1.82) is 0 Å². The molecule has 2 aliphatic rings. The Balaban J connectivity index is 1.99. The second-order valence-electron chi connectivity index (χ2n) is 4.36. The topological polar surface area (TPSA) is 43.8 Å². The molecule has 1 amide bonds. The third kappa shape index (κ3) is 1.77. The molecule has 0 aromatic rings. The molecule has 2 aliphatic heterocycles. The summed E-state index contributed by atoms with van der Waals surface area (Å²) in [5.41, 5.74) is 0. The number of aliphatic hydroxyl groups is 1. The Bertz CT molecular complexity index is 232. The fourth-order valence-electron chi connectivity index (χ4n) is 2.40. The Morgan fingerprint density at radius 1 is 1.36 bits per heavy atom. The van der Waals surface area contributed by atoms with Crippen LogP contribution in [-0.4, -0.2) is 59.6 Å². The molecule has 0 aromatic heterocycles. The van der Waals surface area contributed by atoms with E-state index in [-0.39, 0.29) is 18.1 Å². The third-order valence-corrected chi connectivity index (χ3v) is 3.27. The summed E-state index contributed by atoms with van der Waals surface area (Å²) in [6, 6.07) is 0.0332. The standard InChI is InChI=1S/C10H18N2O2/c1-11-5-2-3-9(10(11)14)12-6-4-8(13)7-12/h8-9,13H,2-7H2,1H3/t8-,9+/m0/s1. The number of likely N-dealkylation sites (N-methyl/N-ethyl adjacent to an activating group) is 1. The average molecular weight is 198 g/mol. The van der Waals surface area contributed by atoms with Crippen LogP contribution >= 0.6 is 0 Å². The van der Waals surface area contributed by atoms with Crippen molar-refractivity contribution in [2.75, 3.05) is 26.7 Å². The molecule has 0 radical (unpaired) electrons. The number of carbonyl (C=O) groups is 1. The maximum Gasteiger partial charge on any atom is 0.239 e. The van der Waals surface area contributed by atoms with Crippen molar-refractivity contribution in [3.63, 3.8) is 0 Å². The van der Waals surface area contributed by atoms with Crippen molar-refractivity contribution in [2.24, 2.45) is 0 Å². The SMILES string of the molecule is CN1CCC[C@@H](N2CC[C@H](O)C2)C1=O. The lowest BCUT2D eigenvalue weighted by molar-refractivity contribution is -0.138. The van der Waals surface area contributed by atoms with Crippen LogP contribution in [0.25, 0.3) is 0 Å². The van der Waals surface area contributed by atoms with Gasteiger partial charge < -0.3 is 10.0 Å². The first-order valence-corrected chi connectivity index (χ1v) is 5.35. The molecule has 0 aromatic carbocycles. The quantitative estimate of drug-likeness (QED) is 0.627. The highest BCUT2D eigenvalue weighted by Crippen LogP contribution is 2.20. The van der Waals surface area contributed by atoms with E-state index in [2.05, 4.69) is 4.90 Å². The fourth-order valence-corrected chi connectivity index (χ4v) is 2.40. The number of likely N-dealkylation sites (tertiary alicyclic amines) is 2. The van der Waals surface area contributed by atoms with Crippen molar-refractivity contribution in [1.82, 2.24) is 9.80 Å². The molecule has 1 N–H and O–H groups in total. The lowest BCUT2D eigenvalue weighted by Crippen LogP contribution is -2.50. The molecule has 0 saturated carbocycles. The van der Waals surface area contributed by atoms with Crippen LogP contribution in [0.15, 0.2) is 0 Å². The van der Waals surface area contributed by atoms with Gasteiger partial charge in [-0.05, 0) is 19.3 Å². The van der Waals surface area contributed by atoms with Crippen molar-refractivity contribution >= 4 is 5.91 Å². The summed E-state index contributed by atoms with van der Waals surface area (Å²) in [4.78, 5) is 15.8. The van der Waals surface area contributed by atoms with Crippen molar-refractivity contribution in [2.45, 2.75) is 31.4 Å². The number of amides is 1. The van der Waals surface area contributed by atoms with Crippen molar-refractivity contribution in [3.8, 4) is 0 Å². The zero-order valence-corrected chi connectivity index (χ0v) is 8.65. The first-order chi connectivity index (χ1) is 6.68. The minimum Gasteiger partial charge on any atom is -0.392 e. The van der Waals surface area contributed by atoms with Crippen LogP contribution in [-0.2, 0) is 4.79 Å². The van der Waals surface area contributed by atoms with Gasteiger partial charge in [0.2, 0.25) is 5.91 Å². The van der Waals surface area contributed by atoms with Crippen LogP contribution in [0.2, 0.25) is 0 Å². The highest BCUT2D eigenvalue weighted by Gasteiger charge is 2.34. The Kier molecular flexibility index (Phi) is 2.74. The van der Waals surface area contributed by atoms with Crippen LogP contribution in [0.5, 0.6) is 0 Å². The Labute approximate surface area is 84.5 Å². The normalized spacial score (nSPS) is 35.3. The monoisotopic (exact) mass is 198 g/mol. The smallest absolute Gasteiger partial charge is 0.239 e. The minimum absolute atomic E-state index is 0.0332. The molecule has 0 aliphatic carbocycles.